The van der Waals surface area contributed by atoms with Gasteiger partial charge in [-0.05, 0) is 0 Å². The van der Waals surface area contributed by atoms with Crippen molar-refractivity contribution in [3.63, 3.8) is 0 Å². The molecule has 0 spiro atoms. The number of hydrogen-bond donors (Lipinski definition) is 0. The fourth-order valence-electron chi connectivity index (χ4n) is 1.09. The van der Waals surface area contributed by atoms with Gasteiger partial charge in [0, 0.05) is 12.2 Å². The molecule has 0 aromatic rings. The van der Waals surface area contributed by atoms with Crippen LogP contribution in [0.25, 0.3) is 0 Å². The van der Waals surface area contributed by atoms with Gasteiger partial charge in [0.15, 0.2) is 0 Å². The topological polar surface area (TPSA) is 52.6 Å². The molecular weight excluding hydrogens is 412 g/mol. The summed E-state index contributed by atoms with van der Waals surface area (Å²) in [5, 5.41) is 0. The molecule has 152 valence electrons. The van der Waals surface area contributed by atoms with Crippen LogP contribution in [0.3, 0.4) is 0 Å². The summed E-state index contributed by atoms with van der Waals surface area (Å²) in [6.45, 7) is 0. The van der Waals surface area contributed by atoms with Gasteiger partial charge >= 0.3 is 36.6 Å². The molecule has 0 heterocycles. The Morgan fingerprint density at radius 2 is 0.731 bits per heavy atom. The molecule has 16 heteroatoms. The Bertz CT molecular complexity index is 462. The molecule has 0 saturated carbocycles. The largest absolute Gasteiger partial charge is 0.440 e. The first kappa shape index (κ1) is 23.8. The summed E-state index contributed by atoms with van der Waals surface area (Å²) in [6, 6.07) is 0. The van der Waals surface area contributed by atoms with Gasteiger partial charge in [-0.2, -0.15) is 52.7 Å². The molecule has 0 bridgehead atoms. The lowest BCUT2D eigenvalue weighted by molar-refractivity contribution is -0.313. The van der Waals surface area contributed by atoms with Crippen molar-refractivity contribution in [1.29, 1.82) is 0 Å². The van der Waals surface area contributed by atoms with Gasteiger partial charge in [0.1, 0.15) is 0 Å². The Labute approximate surface area is 134 Å². The van der Waals surface area contributed by atoms with Crippen molar-refractivity contribution >= 4 is 11.9 Å². The number of hydrogen-bond acceptors (Lipinski definition) is 4. The van der Waals surface area contributed by atoms with E-state index in [0.717, 1.165) is 0 Å². The summed E-state index contributed by atoms with van der Waals surface area (Å²) >= 11 is 0. The Kier molecular flexibility index (Phi) is 6.98. The van der Waals surface area contributed by atoms with Crippen LogP contribution in [0, 0.1) is 0 Å². The lowest BCUT2D eigenvalue weighted by Crippen LogP contribution is -2.45. The Morgan fingerprint density at radius 3 is 0.885 bits per heavy atom. The third-order valence-corrected chi connectivity index (χ3v) is 2.01. The van der Waals surface area contributed by atoms with Gasteiger partial charge in [0.2, 0.25) is 0 Å². The highest BCUT2D eigenvalue weighted by Crippen LogP contribution is 2.36. The van der Waals surface area contributed by atoms with Crippen LogP contribution < -0.4 is 0 Å². The molecule has 0 unspecified atom stereocenters. The van der Waals surface area contributed by atoms with Crippen molar-refractivity contribution < 1.29 is 71.7 Å². The molecule has 0 aromatic heterocycles. The van der Waals surface area contributed by atoms with Gasteiger partial charge in [0.25, 0.3) is 12.2 Å². The predicted octanol–water partition coefficient (Wildman–Crippen LogP) is 3.62. The smallest absolute Gasteiger partial charge is 0.434 e. The normalized spacial score (nSPS) is 14.2. The highest BCUT2D eigenvalue weighted by molar-refractivity contribution is 5.91. The second-order valence-corrected chi connectivity index (χ2v) is 4.13. The molecule has 0 amide bonds. The molecule has 0 aliphatic heterocycles. The summed E-state index contributed by atoms with van der Waals surface area (Å²) < 4.78 is 150. The highest BCUT2D eigenvalue weighted by atomic mass is 19.4. The maximum absolute atomic E-state index is 12.0. The zero-order valence-corrected chi connectivity index (χ0v) is 11.5. The van der Waals surface area contributed by atoms with Crippen LogP contribution in [-0.2, 0) is 19.1 Å². The summed E-state index contributed by atoms with van der Waals surface area (Å²) in [6.07, 6.45) is -34.9. The first-order valence-electron chi connectivity index (χ1n) is 5.62. The highest BCUT2D eigenvalue weighted by Gasteiger charge is 2.60. The van der Waals surface area contributed by atoms with E-state index >= 15 is 0 Å². The number of carbonyl (C=O) groups excluding carboxylic acids is 2. The first-order valence-corrected chi connectivity index (χ1v) is 5.62. The zero-order chi connectivity index (χ0) is 21.1. The van der Waals surface area contributed by atoms with Crippen molar-refractivity contribution in [2.75, 3.05) is 0 Å². The quantitative estimate of drug-likeness (QED) is 0.399. The minimum absolute atomic E-state index is 0.573. The lowest BCUT2D eigenvalue weighted by Gasteiger charge is -2.22. The van der Waals surface area contributed by atoms with Gasteiger partial charge in [-0.3, -0.25) is 0 Å². The first-order chi connectivity index (χ1) is 11.3. The van der Waals surface area contributed by atoms with Gasteiger partial charge in [-0.25, -0.2) is 9.59 Å². The molecule has 0 aliphatic rings. The molecule has 0 radical (unpaired) electrons. The summed E-state index contributed by atoms with van der Waals surface area (Å²) in [5.41, 5.74) is 0. The van der Waals surface area contributed by atoms with Crippen LogP contribution >= 0.6 is 0 Å². The van der Waals surface area contributed by atoms with E-state index in [4.69, 9.17) is 0 Å². The third-order valence-electron chi connectivity index (χ3n) is 2.01. The molecule has 0 N–H and O–H groups in total. The van der Waals surface area contributed by atoms with Gasteiger partial charge < -0.3 is 9.47 Å². The van der Waals surface area contributed by atoms with E-state index in [0.29, 0.717) is 0 Å². The second-order valence-electron chi connectivity index (χ2n) is 4.13. The van der Waals surface area contributed by atoms with E-state index in [-0.39, 0.29) is 0 Å². The monoisotopic (exact) mass is 416 g/mol. The number of rotatable bonds is 4. The molecule has 0 aromatic carbocycles. The van der Waals surface area contributed by atoms with E-state index < -0.39 is 61.0 Å². The number of ether oxygens (including phenoxy) is 2. The minimum Gasteiger partial charge on any atom is -0.440 e. The molecule has 0 rings (SSSR count). The zero-order valence-electron chi connectivity index (χ0n) is 11.5. The van der Waals surface area contributed by atoms with E-state index in [1.807, 2.05) is 0 Å². The number of esters is 2. The second kappa shape index (κ2) is 7.61. The molecule has 0 aliphatic carbocycles. The Morgan fingerprint density at radius 1 is 0.538 bits per heavy atom. The SMILES string of the molecule is O=C(/C=C\C(=O)OC(C(F)(F)F)C(F)(F)F)OC(C(F)(F)F)C(F)(F)F. The van der Waals surface area contributed by atoms with Crippen molar-refractivity contribution in [1.82, 2.24) is 0 Å². The number of carbonyl (C=O) groups is 2. The molecular formula is C10H4F12O4. The fourth-order valence-corrected chi connectivity index (χ4v) is 1.09. The maximum Gasteiger partial charge on any atom is 0.434 e. The summed E-state index contributed by atoms with van der Waals surface area (Å²) in [4.78, 5) is 21.5. The van der Waals surface area contributed by atoms with Crippen LogP contribution in [-0.4, -0.2) is 48.9 Å². The van der Waals surface area contributed by atoms with Crippen LogP contribution in [0.2, 0.25) is 0 Å². The summed E-state index contributed by atoms with van der Waals surface area (Å²) in [5.74, 6) is -5.06. The van der Waals surface area contributed by atoms with Crippen molar-refractivity contribution in [3.05, 3.63) is 12.2 Å². The Hall–Kier alpha value is -2.16. The van der Waals surface area contributed by atoms with E-state index in [1.54, 1.807) is 0 Å². The maximum atomic E-state index is 12.0. The minimum atomic E-state index is -6.13. The van der Waals surface area contributed by atoms with E-state index in [2.05, 4.69) is 9.47 Å². The molecule has 26 heavy (non-hydrogen) atoms. The molecule has 0 saturated heterocycles. The van der Waals surface area contributed by atoms with Crippen LogP contribution in [0.5, 0.6) is 0 Å². The average Bonchev–Trinajstić information content (AvgIpc) is 2.34. The van der Waals surface area contributed by atoms with E-state index in [1.165, 1.54) is 0 Å². The fraction of sp³-hybridized carbons (Fsp3) is 0.600. The molecule has 0 fully saturated rings. The van der Waals surface area contributed by atoms with Crippen molar-refractivity contribution in [3.8, 4) is 0 Å². The van der Waals surface area contributed by atoms with Crippen LogP contribution in [0.4, 0.5) is 52.7 Å². The van der Waals surface area contributed by atoms with E-state index in [9.17, 15) is 62.3 Å². The average molecular weight is 416 g/mol. The molecule has 0 atom stereocenters. The standard InChI is InChI=1S/C10H4F12O4/c11-7(12,13)5(8(14,15)16)25-3(23)1-2-4(24)26-6(9(17,18)19)10(20,21)22/h1-2,5-6H/b2-1-. The predicted molar refractivity (Wildman–Crippen MR) is 53.1 cm³/mol. The lowest BCUT2D eigenvalue weighted by atomic mass is 10.3. The third kappa shape index (κ3) is 7.81. The number of halogens is 12. The Balaban J connectivity index is 5.10. The number of alkyl halides is 12. The van der Waals surface area contributed by atoms with Crippen molar-refractivity contribution in [2.45, 2.75) is 36.9 Å². The molecule has 4 nitrogen and oxygen atoms in total. The van der Waals surface area contributed by atoms with Gasteiger partial charge in [-0.15, -0.1) is 0 Å². The van der Waals surface area contributed by atoms with Gasteiger partial charge in [0.05, 0.1) is 0 Å². The van der Waals surface area contributed by atoms with Crippen molar-refractivity contribution in [2.24, 2.45) is 0 Å². The summed E-state index contributed by atoms with van der Waals surface area (Å²) in [7, 11) is 0. The van der Waals surface area contributed by atoms with Crippen LogP contribution in [0.1, 0.15) is 0 Å². The van der Waals surface area contributed by atoms with Crippen LogP contribution in [0.15, 0.2) is 12.2 Å². The van der Waals surface area contributed by atoms with Gasteiger partial charge in [-0.1, -0.05) is 0 Å².